The number of nitrogen functional groups attached to an aromatic ring is 1. The van der Waals surface area contributed by atoms with Crippen LogP contribution in [0.15, 0.2) is 32.5 Å². The molecular weight excluding hydrogens is 250 g/mol. The van der Waals surface area contributed by atoms with Crippen molar-refractivity contribution >= 4 is 27.0 Å². The van der Waals surface area contributed by atoms with Gasteiger partial charge >= 0.3 is 0 Å². The maximum atomic E-state index is 11.7. The summed E-state index contributed by atoms with van der Waals surface area (Å²) in [6, 6.07) is 3.00. The van der Waals surface area contributed by atoms with E-state index >= 15 is 0 Å². The first kappa shape index (κ1) is 11.1. The predicted octanol–water partition coefficient (Wildman–Crippen LogP) is 0.797. The highest BCUT2D eigenvalue weighted by molar-refractivity contribution is 7.91. The van der Waals surface area contributed by atoms with E-state index in [-0.39, 0.29) is 10.8 Å². The molecule has 0 aliphatic carbocycles. The van der Waals surface area contributed by atoms with Crippen molar-refractivity contribution in [2.45, 2.75) is 10.8 Å². The van der Waals surface area contributed by atoms with Crippen molar-refractivity contribution in [2.75, 3.05) is 5.73 Å². The van der Waals surface area contributed by atoms with Gasteiger partial charge in [0.1, 0.15) is 10.5 Å². The van der Waals surface area contributed by atoms with Crippen molar-refractivity contribution in [2.24, 2.45) is 0 Å². The zero-order chi connectivity index (χ0) is 11.6. The Bertz CT molecular complexity index is 559. The standard InChI is InChI=1S/C8H9N3O3S2/c9-6-3-8(15-5-6)16(12,13)10-4-7-1-2-14-11-7/h1-3,5,10H,4,9H2. The van der Waals surface area contributed by atoms with Gasteiger partial charge in [-0.3, -0.25) is 0 Å². The number of aromatic nitrogens is 1. The normalized spacial score (nSPS) is 11.8. The number of anilines is 1. The molecule has 0 aromatic carbocycles. The Morgan fingerprint density at radius 1 is 1.56 bits per heavy atom. The molecular formula is C8H9N3O3S2. The van der Waals surface area contributed by atoms with Crippen LogP contribution in [0.4, 0.5) is 5.69 Å². The van der Waals surface area contributed by atoms with Gasteiger partial charge in [0.2, 0.25) is 10.0 Å². The van der Waals surface area contributed by atoms with Gasteiger partial charge in [-0.15, -0.1) is 11.3 Å². The summed E-state index contributed by atoms with van der Waals surface area (Å²) in [5.74, 6) is 0. The summed E-state index contributed by atoms with van der Waals surface area (Å²) in [4.78, 5) is 0. The molecule has 16 heavy (non-hydrogen) atoms. The van der Waals surface area contributed by atoms with Gasteiger partial charge in [0.15, 0.2) is 0 Å². The molecule has 0 unspecified atom stereocenters. The van der Waals surface area contributed by atoms with Crippen LogP contribution < -0.4 is 10.5 Å². The molecule has 0 radical (unpaired) electrons. The monoisotopic (exact) mass is 259 g/mol. The minimum atomic E-state index is -3.51. The van der Waals surface area contributed by atoms with Gasteiger partial charge in [0.25, 0.3) is 0 Å². The summed E-state index contributed by atoms with van der Waals surface area (Å²) in [6.07, 6.45) is 1.38. The minimum absolute atomic E-state index is 0.0939. The van der Waals surface area contributed by atoms with E-state index in [2.05, 4.69) is 14.4 Å². The minimum Gasteiger partial charge on any atom is -0.398 e. The Hall–Kier alpha value is -1.38. The maximum Gasteiger partial charge on any atom is 0.250 e. The number of hydrogen-bond donors (Lipinski definition) is 2. The summed E-state index contributed by atoms with van der Waals surface area (Å²) in [7, 11) is -3.51. The van der Waals surface area contributed by atoms with E-state index in [0.717, 1.165) is 11.3 Å². The van der Waals surface area contributed by atoms with Crippen molar-refractivity contribution < 1.29 is 12.9 Å². The van der Waals surface area contributed by atoms with E-state index in [1.165, 1.54) is 12.3 Å². The van der Waals surface area contributed by atoms with E-state index in [0.29, 0.717) is 11.4 Å². The van der Waals surface area contributed by atoms with Crippen molar-refractivity contribution in [3.63, 3.8) is 0 Å². The molecule has 0 atom stereocenters. The van der Waals surface area contributed by atoms with Crippen LogP contribution in [0.3, 0.4) is 0 Å². The third-order valence-corrected chi connectivity index (χ3v) is 4.65. The molecule has 0 spiro atoms. The fourth-order valence-electron chi connectivity index (χ4n) is 1.04. The SMILES string of the molecule is Nc1csc(S(=O)(=O)NCc2ccon2)c1. The lowest BCUT2D eigenvalue weighted by atomic mass is 10.5. The second-order valence-electron chi connectivity index (χ2n) is 3.01. The molecule has 0 saturated heterocycles. The topological polar surface area (TPSA) is 98.2 Å². The second kappa shape index (κ2) is 4.24. The van der Waals surface area contributed by atoms with Gasteiger partial charge in [-0.2, -0.15) is 0 Å². The number of hydrogen-bond acceptors (Lipinski definition) is 6. The van der Waals surface area contributed by atoms with Crippen LogP contribution in [0.5, 0.6) is 0 Å². The molecule has 86 valence electrons. The summed E-state index contributed by atoms with van der Waals surface area (Å²) in [6.45, 7) is 0.0939. The Balaban J connectivity index is 2.09. The summed E-state index contributed by atoms with van der Waals surface area (Å²) >= 11 is 1.07. The van der Waals surface area contributed by atoms with Gasteiger partial charge in [0, 0.05) is 17.1 Å². The van der Waals surface area contributed by atoms with E-state index < -0.39 is 10.0 Å². The first-order valence-electron chi connectivity index (χ1n) is 4.31. The van der Waals surface area contributed by atoms with Gasteiger partial charge < -0.3 is 10.3 Å². The molecule has 8 heteroatoms. The van der Waals surface area contributed by atoms with Crippen molar-refractivity contribution in [1.82, 2.24) is 9.88 Å². The van der Waals surface area contributed by atoms with Crippen molar-refractivity contribution in [1.29, 1.82) is 0 Å². The highest BCUT2D eigenvalue weighted by atomic mass is 32.2. The quantitative estimate of drug-likeness (QED) is 0.846. The van der Waals surface area contributed by atoms with Crippen LogP contribution in [0.2, 0.25) is 0 Å². The fraction of sp³-hybridized carbons (Fsp3) is 0.125. The molecule has 2 heterocycles. The van der Waals surface area contributed by atoms with Gasteiger partial charge in [-0.25, -0.2) is 13.1 Å². The predicted molar refractivity (Wildman–Crippen MR) is 59.3 cm³/mol. The van der Waals surface area contributed by atoms with E-state index in [4.69, 9.17) is 5.73 Å². The second-order valence-corrected chi connectivity index (χ2v) is 5.92. The van der Waals surface area contributed by atoms with Crippen LogP contribution in [-0.2, 0) is 16.6 Å². The number of nitrogens with two attached hydrogens (primary N) is 1. The summed E-state index contributed by atoms with van der Waals surface area (Å²) in [5.41, 5.74) is 6.42. The van der Waals surface area contributed by atoms with Crippen LogP contribution >= 0.6 is 11.3 Å². The number of rotatable bonds is 4. The van der Waals surface area contributed by atoms with Crippen molar-refractivity contribution in [3.05, 3.63) is 29.5 Å². The lowest BCUT2D eigenvalue weighted by Crippen LogP contribution is -2.22. The molecule has 0 bridgehead atoms. The smallest absolute Gasteiger partial charge is 0.250 e. The molecule has 3 N–H and O–H groups in total. The number of nitrogens with zero attached hydrogens (tertiary/aromatic N) is 1. The van der Waals surface area contributed by atoms with Crippen LogP contribution in [0, 0.1) is 0 Å². The molecule has 0 saturated carbocycles. The Kier molecular flexibility index (Phi) is 2.95. The lowest BCUT2D eigenvalue weighted by molar-refractivity contribution is 0.411. The summed E-state index contributed by atoms with van der Waals surface area (Å²) in [5, 5.41) is 5.17. The number of sulfonamides is 1. The fourth-order valence-corrected chi connectivity index (χ4v) is 3.16. The molecule has 0 aliphatic rings. The molecule has 2 rings (SSSR count). The molecule has 6 nitrogen and oxygen atoms in total. The highest BCUT2D eigenvalue weighted by Gasteiger charge is 2.16. The average Bonchev–Trinajstić information content (AvgIpc) is 2.85. The van der Waals surface area contributed by atoms with Crippen LogP contribution in [0.25, 0.3) is 0 Å². The third-order valence-electron chi connectivity index (χ3n) is 1.80. The molecule has 0 aliphatic heterocycles. The molecule has 0 fully saturated rings. The Morgan fingerprint density at radius 2 is 2.38 bits per heavy atom. The van der Waals surface area contributed by atoms with Gasteiger partial charge in [0.05, 0.1) is 12.2 Å². The summed E-state index contributed by atoms with van der Waals surface area (Å²) < 4.78 is 30.6. The van der Waals surface area contributed by atoms with Gasteiger partial charge in [-0.05, 0) is 6.07 Å². The number of thiophene rings is 1. The first-order chi connectivity index (χ1) is 7.58. The third kappa shape index (κ3) is 2.40. The van der Waals surface area contributed by atoms with E-state index in [1.54, 1.807) is 11.4 Å². The Morgan fingerprint density at radius 3 is 2.94 bits per heavy atom. The molecule has 2 aromatic rings. The largest absolute Gasteiger partial charge is 0.398 e. The van der Waals surface area contributed by atoms with Crippen LogP contribution in [-0.4, -0.2) is 13.6 Å². The molecule has 0 amide bonds. The van der Waals surface area contributed by atoms with Crippen LogP contribution in [0.1, 0.15) is 5.69 Å². The van der Waals surface area contributed by atoms with Gasteiger partial charge in [-0.1, -0.05) is 5.16 Å². The zero-order valence-electron chi connectivity index (χ0n) is 8.08. The Labute approximate surface area is 96.1 Å². The molecule has 2 aromatic heterocycles. The number of nitrogens with one attached hydrogen (secondary N) is 1. The highest BCUT2D eigenvalue weighted by Crippen LogP contribution is 2.21. The maximum absolute atomic E-state index is 11.7. The lowest BCUT2D eigenvalue weighted by Gasteiger charge is -2.01. The van der Waals surface area contributed by atoms with E-state index in [9.17, 15) is 8.42 Å². The van der Waals surface area contributed by atoms with Crippen molar-refractivity contribution in [3.8, 4) is 0 Å². The first-order valence-corrected chi connectivity index (χ1v) is 6.67. The average molecular weight is 259 g/mol. The van der Waals surface area contributed by atoms with E-state index in [1.807, 2.05) is 0 Å². The zero-order valence-corrected chi connectivity index (χ0v) is 9.72.